The van der Waals surface area contributed by atoms with E-state index in [-0.39, 0.29) is 25.0 Å². The highest BCUT2D eigenvalue weighted by atomic mass is 32.1. The molecule has 25 heavy (non-hydrogen) atoms. The summed E-state index contributed by atoms with van der Waals surface area (Å²) in [7, 11) is 0. The maximum absolute atomic E-state index is 11.7. The molecule has 1 heterocycles. The van der Waals surface area contributed by atoms with Gasteiger partial charge < -0.3 is 20.1 Å². The molecule has 0 bridgehead atoms. The molecule has 0 radical (unpaired) electrons. The van der Waals surface area contributed by atoms with Crippen LogP contribution in [0.4, 0.5) is 4.79 Å². The lowest BCUT2D eigenvalue weighted by molar-refractivity contribution is -0.148. The molecule has 1 rings (SSSR count). The molecule has 0 spiro atoms. The summed E-state index contributed by atoms with van der Waals surface area (Å²) in [6.07, 6.45) is -0.00251. The van der Waals surface area contributed by atoms with Gasteiger partial charge in [-0.25, -0.2) is 4.79 Å². The molecule has 7 nitrogen and oxygen atoms in total. The highest BCUT2D eigenvalue weighted by Gasteiger charge is 2.16. The van der Waals surface area contributed by atoms with Crippen molar-refractivity contribution in [2.24, 2.45) is 0 Å². The number of rotatable bonds is 8. The fraction of sp³-hybridized carbons (Fsp3) is 0.588. The third-order valence-electron chi connectivity index (χ3n) is 2.94. The minimum absolute atomic E-state index is 0.115. The van der Waals surface area contributed by atoms with Crippen LogP contribution in [-0.2, 0) is 19.1 Å². The van der Waals surface area contributed by atoms with Crippen molar-refractivity contribution in [1.82, 2.24) is 10.6 Å². The summed E-state index contributed by atoms with van der Waals surface area (Å²) in [5.74, 6) is -0.828. The Balaban J connectivity index is 2.12. The van der Waals surface area contributed by atoms with Gasteiger partial charge in [-0.05, 0) is 45.6 Å². The van der Waals surface area contributed by atoms with E-state index in [2.05, 4.69) is 10.6 Å². The number of carbonyl (C=O) groups is 3. The van der Waals surface area contributed by atoms with Gasteiger partial charge in [0.05, 0.1) is 6.04 Å². The first kappa shape index (κ1) is 21.0. The minimum Gasteiger partial charge on any atom is -0.456 e. The molecule has 1 aromatic heterocycles. The Morgan fingerprint density at radius 1 is 1.28 bits per heavy atom. The van der Waals surface area contributed by atoms with Crippen molar-refractivity contribution in [3.05, 3.63) is 22.4 Å². The zero-order valence-corrected chi connectivity index (χ0v) is 15.9. The summed E-state index contributed by atoms with van der Waals surface area (Å²) in [6.45, 7) is 7.17. The van der Waals surface area contributed by atoms with E-state index in [1.807, 2.05) is 24.4 Å². The van der Waals surface area contributed by atoms with Crippen molar-refractivity contribution in [2.75, 3.05) is 13.2 Å². The molecule has 0 fully saturated rings. The second kappa shape index (κ2) is 10.0. The number of thiophene rings is 1. The number of alkyl carbamates (subject to hydrolysis) is 1. The summed E-state index contributed by atoms with van der Waals surface area (Å²) in [5.41, 5.74) is -0.559. The van der Waals surface area contributed by atoms with Gasteiger partial charge in [-0.15, -0.1) is 11.3 Å². The maximum atomic E-state index is 11.7. The molecule has 0 aromatic carbocycles. The van der Waals surface area contributed by atoms with E-state index in [0.29, 0.717) is 13.0 Å². The average Bonchev–Trinajstić information content (AvgIpc) is 3.02. The van der Waals surface area contributed by atoms with E-state index in [1.165, 1.54) is 0 Å². The standard InChI is InChI=1S/C17H26N2O5S/c1-12(13-7-6-10-25-13)19-14(20)11-23-15(21)8-5-9-18-16(22)24-17(2,3)4/h6-7,10,12H,5,8-9,11H2,1-4H3,(H,18,22)(H,19,20)/t12-/m1/s1. The van der Waals surface area contributed by atoms with Gasteiger partial charge in [-0.1, -0.05) is 6.07 Å². The first-order valence-electron chi connectivity index (χ1n) is 8.12. The Bertz CT molecular complexity index is 566. The molecule has 0 aliphatic carbocycles. The largest absolute Gasteiger partial charge is 0.456 e. The van der Waals surface area contributed by atoms with Crippen LogP contribution in [0.2, 0.25) is 0 Å². The van der Waals surface area contributed by atoms with Crippen molar-refractivity contribution < 1.29 is 23.9 Å². The van der Waals surface area contributed by atoms with Crippen LogP contribution in [0.5, 0.6) is 0 Å². The van der Waals surface area contributed by atoms with Crippen molar-refractivity contribution in [2.45, 2.75) is 52.2 Å². The number of ether oxygens (including phenoxy) is 2. The van der Waals surface area contributed by atoms with E-state index in [0.717, 1.165) is 4.88 Å². The van der Waals surface area contributed by atoms with Crippen LogP contribution in [0, 0.1) is 0 Å². The van der Waals surface area contributed by atoms with E-state index in [9.17, 15) is 14.4 Å². The maximum Gasteiger partial charge on any atom is 0.407 e. The van der Waals surface area contributed by atoms with Crippen LogP contribution in [-0.4, -0.2) is 36.7 Å². The van der Waals surface area contributed by atoms with Gasteiger partial charge in [0, 0.05) is 17.8 Å². The fourth-order valence-corrected chi connectivity index (χ4v) is 2.58. The Morgan fingerprint density at radius 3 is 2.60 bits per heavy atom. The Morgan fingerprint density at radius 2 is 2.00 bits per heavy atom. The lowest BCUT2D eigenvalue weighted by atomic mass is 10.2. The third-order valence-corrected chi connectivity index (χ3v) is 3.99. The van der Waals surface area contributed by atoms with Crippen LogP contribution in [0.25, 0.3) is 0 Å². The molecular formula is C17H26N2O5S. The number of carbonyl (C=O) groups excluding carboxylic acids is 3. The summed E-state index contributed by atoms with van der Waals surface area (Å²) >= 11 is 1.55. The lowest BCUT2D eigenvalue weighted by Gasteiger charge is -2.19. The van der Waals surface area contributed by atoms with Crippen LogP contribution >= 0.6 is 11.3 Å². The molecule has 0 unspecified atom stereocenters. The molecule has 2 N–H and O–H groups in total. The first-order valence-corrected chi connectivity index (χ1v) is 9.00. The van der Waals surface area contributed by atoms with Crippen molar-refractivity contribution >= 4 is 29.3 Å². The van der Waals surface area contributed by atoms with Gasteiger partial charge in [-0.2, -0.15) is 0 Å². The molecule has 0 aliphatic rings. The zero-order valence-electron chi connectivity index (χ0n) is 15.1. The van der Waals surface area contributed by atoms with E-state index in [4.69, 9.17) is 9.47 Å². The molecule has 2 amide bonds. The lowest BCUT2D eigenvalue weighted by Crippen LogP contribution is -2.33. The zero-order chi connectivity index (χ0) is 18.9. The topological polar surface area (TPSA) is 93.7 Å². The number of nitrogens with one attached hydrogen (secondary N) is 2. The fourth-order valence-electron chi connectivity index (χ4n) is 1.85. The van der Waals surface area contributed by atoms with Crippen LogP contribution in [0.15, 0.2) is 17.5 Å². The summed E-state index contributed by atoms with van der Waals surface area (Å²) in [5, 5.41) is 7.25. The van der Waals surface area contributed by atoms with E-state index in [1.54, 1.807) is 32.1 Å². The quantitative estimate of drug-likeness (QED) is 0.542. The number of esters is 1. The van der Waals surface area contributed by atoms with Crippen LogP contribution in [0.1, 0.15) is 51.5 Å². The third kappa shape index (κ3) is 9.71. The molecule has 8 heteroatoms. The van der Waals surface area contributed by atoms with Crippen LogP contribution in [0.3, 0.4) is 0 Å². The smallest absolute Gasteiger partial charge is 0.407 e. The van der Waals surface area contributed by atoms with E-state index < -0.39 is 17.7 Å². The first-order chi connectivity index (χ1) is 11.7. The molecule has 0 aliphatic heterocycles. The van der Waals surface area contributed by atoms with Gasteiger partial charge in [0.1, 0.15) is 5.60 Å². The molecular weight excluding hydrogens is 344 g/mol. The monoisotopic (exact) mass is 370 g/mol. The molecule has 0 saturated carbocycles. The van der Waals surface area contributed by atoms with Gasteiger partial charge >= 0.3 is 12.1 Å². The molecule has 0 saturated heterocycles. The summed E-state index contributed by atoms with van der Waals surface area (Å²) < 4.78 is 9.99. The van der Waals surface area contributed by atoms with Gasteiger partial charge in [-0.3, -0.25) is 9.59 Å². The highest BCUT2D eigenvalue weighted by Crippen LogP contribution is 2.17. The van der Waals surface area contributed by atoms with Gasteiger partial charge in [0.25, 0.3) is 5.91 Å². The molecule has 1 atom stereocenters. The number of hydrogen-bond acceptors (Lipinski definition) is 6. The van der Waals surface area contributed by atoms with Gasteiger partial charge in [0.15, 0.2) is 6.61 Å². The second-order valence-electron chi connectivity index (χ2n) is 6.50. The number of amides is 2. The average molecular weight is 370 g/mol. The Hall–Kier alpha value is -2.09. The van der Waals surface area contributed by atoms with Crippen LogP contribution < -0.4 is 10.6 Å². The second-order valence-corrected chi connectivity index (χ2v) is 7.48. The summed E-state index contributed by atoms with van der Waals surface area (Å²) in [6, 6.07) is 3.72. The Labute approximate surface area is 152 Å². The van der Waals surface area contributed by atoms with Crippen molar-refractivity contribution in [3.63, 3.8) is 0 Å². The Kier molecular flexibility index (Phi) is 8.40. The predicted molar refractivity (Wildman–Crippen MR) is 95.3 cm³/mol. The molecule has 140 valence electrons. The SMILES string of the molecule is C[C@@H](NC(=O)COC(=O)CCCNC(=O)OC(C)(C)C)c1cccs1. The van der Waals surface area contributed by atoms with Gasteiger partial charge in [0.2, 0.25) is 0 Å². The van der Waals surface area contributed by atoms with E-state index >= 15 is 0 Å². The minimum atomic E-state index is -0.559. The molecule has 1 aromatic rings. The predicted octanol–water partition coefficient (Wildman–Crippen LogP) is 2.77. The highest BCUT2D eigenvalue weighted by molar-refractivity contribution is 7.10. The van der Waals surface area contributed by atoms with Crippen molar-refractivity contribution in [1.29, 1.82) is 0 Å². The van der Waals surface area contributed by atoms with Crippen molar-refractivity contribution in [3.8, 4) is 0 Å². The number of hydrogen-bond donors (Lipinski definition) is 2. The normalized spacial score (nSPS) is 12.2. The summed E-state index contributed by atoms with van der Waals surface area (Å²) in [4.78, 5) is 35.8.